The largest absolute Gasteiger partial charge is 0.281 e. The molecule has 1 aromatic heterocycles. The van der Waals surface area contributed by atoms with Gasteiger partial charge in [-0.3, -0.25) is 9.71 Å². The summed E-state index contributed by atoms with van der Waals surface area (Å²) in [5, 5.41) is 1.31. The predicted molar refractivity (Wildman–Crippen MR) is 89.4 cm³/mol. The summed E-state index contributed by atoms with van der Waals surface area (Å²) in [5.74, 6) is -0.185. The maximum absolute atomic E-state index is 12.4. The van der Waals surface area contributed by atoms with E-state index >= 15 is 0 Å². The zero-order chi connectivity index (χ0) is 15.6. The molecular weight excluding hydrogens is 320 g/mol. The summed E-state index contributed by atoms with van der Waals surface area (Å²) in [6.07, 6.45) is 1.63. The van der Waals surface area contributed by atoms with Gasteiger partial charge in [-0.05, 0) is 23.8 Å². The number of halogens is 1. The molecule has 112 valence electrons. The maximum Gasteiger partial charge on any atom is 0.237 e. The number of nitrogens with one attached hydrogen (secondary N) is 1. The van der Waals surface area contributed by atoms with E-state index < -0.39 is 10.0 Å². The van der Waals surface area contributed by atoms with Crippen molar-refractivity contribution in [2.75, 3.05) is 4.72 Å². The summed E-state index contributed by atoms with van der Waals surface area (Å²) in [6.45, 7) is 0. The Bertz CT molecular complexity index is 921. The van der Waals surface area contributed by atoms with Crippen molar-refractivity contribution >= 4 is 38.2 Å². The van der Waals surface area contributed by atoms with Crippen molar-refractivity contribution in [1.82, 2.24) is 4.98 Å². The number of rotatable bonds is 4. The second-order valence-electron chi connectivity index (χ2n) is 4.83. The van der Waals surface area contributed by atoms with Gasteiger partial charge in [0, 0.05) is 16.6 Å². The molecule has 1 heterocycles. The van der Waals surface area contributed by atoms with Gasteiger partial charge in [0.25, 0.3) is 0 Å². The van der Waals surface area contributed by atoms with Crippen molar-refractivity contribution in [3.63, 3.8) is 0 Å². The van der Waals surface area contributed by atoms with Crippen LogP contribution in [0.1, 0.15) is 5.56 Å². The monoisotopic (exact) mass is 332 g/mol. The number of para-hydroxylation sites is 1. The van der Waals surface area contributed by atoms with Gasteiger partial charge in [-0.15, -0.1) is 0 Å². The molecule has 4 nitrogen and oxygen atoms in total. The Hall–Kier alpha value is -2.11. The molecule has 0 aliphatic carbocycles. The number of aromatic nitrogens is 1. The van der Waals surface area contributed by atoms with E-state index in [2.05, 4.69) is 9.71 Å². The third kappa shape index (κ3) is 3.21. The van der Waals surface area contributed by atoms with Crippen LogP contribution in [-0.2, 0) is 15.8 Å². The zero-order valence-corrected chi connectivity index (χ0v) is 13.1. The summed E-state index contributed by atoms with van der Waals surface area (Å²) in [7, 11) is -3.58. The van der Waals surface area contributed by atoms with Crippen LogP contribution in [0.15, 0.2) is 60.8 Å². The number of anilines is 1. The SMILES string of the molecule is O=S(=O)(Cc1ccccc1Cl)Nc1cccc2cccnc12. The normalized spacial score (nSPS) is 11.5. The fraction of sp³-hybridized carbons (Fsp3) is 0.0625. The molecule has 1 N–H and O–H groups in total. The van der Waals surface area contributed by atoms with E-state index in [1.807, 2.05) is 18.2 Å². The van der Waals surface area contributed by atoms with Gasteiger partial charge >= 0.3 is 0 Å². The van der Waals surface area contributed by atoms with E-state index in [1.54, 1.807) is 42.6 Å². The highest BCUT2D eigenvalue weighted by Gasteiger charge is 2.15. The first-order chi connectivity index (χ1) is 10.6. The van der Waals surface area contributed by atoms with Gasteiger partial charge in [-0.2, -0.15) is 0 Å². The second kappa shape index (κ2) is 5.94. The highest BCUT2D eigenvalue weighted by molar-refractivity contribution is 7.91. The highest BCUT2D eigenvalue weighted by atomic mass is 35.5. The van der Waals surface area contributed by atoms with Crippen LogP contribution in [0.4, 0.5) is 5.69 Å². The molecular formula is C16H13ClN2O2S. The van der Waals surface area contributed by atoms with Crippen LogP contribution in [0, 0.1) is 0 Å². The Balaban J connectivity index is 1.92. The number of fused-ring (bicyclic) bond motifs is 1. The minimum atomic E-state index is -3.58. The van der Waals surface area contributed by atoms with Crippen LogP contribution in [0.2, 0.25) is 5.02 Å². The van der Waals surface area contributed by atoms with Gasteiger partial charge in [0.05, 0.1) is 17.0 Å². The van der Waals surface area contributed by atoms with Crippen molar-refractivity contribution in [3.05, 3.63) is 71.4 Å². The first-order valence-electron chi connectivity index (χ1n) is 6.63. The molecule has 0 bridgehead atoms. The van der Waals surface area contributed by atoms with Gasteiger partial charge < -0.3 is 0 Å². The summed E-state index contributed by atoms with van der Waals surface area (Å²) >= 11 is 6.02. The maximum atomic E-state index is 12.4. The van der Waals surface area contributed by atoms with E-state index in [1.165, 1.54) is 0 Å². The van der Waals surface area contributed by atoms with Crippen molar-refractivity contribution in [2.24, 2.45) is 0 Å². The van der Waals surface area contributed by atoms with Crippen LogP contribution in [-0.4, -0.2) is 13.4 Å². The Morgan fingerprint density at radius 1 is 1.00 bits per heavy atom. The molecule has 0 aliphatic rings. The van der Waals surface area contributed by atoms with Crippen molar-refractivity contribution in [3.8, 4) is 0 Å². The first kappa shape index (κ1) is 14.8. The average Bonchev–Trinajstić information content (AvgIpc) is 2.49. The van der Waals surface area contributed by atoms with Crippen LogP contribution in [0.5, 0.6) is 0 Å². The topological polar surface area (TPSA) is 59.1 Å². The number of nitrogens with zero attached hydrogens (tertiary/aromatic N) is 1. The van der Waals surface area contributed by atoms with Gasteiger partial charge in [0.15, 0.2) is 0 Å². The molecule has 0 radical (unpaired) electrons. The fourth-order valence-electron chi connectivity index (χ4n) is 2.21. The van der Waals surface area contributed by atoms with Crippen LogP contribution in [0.25, 0.3) is 10.9 Å². The van der Waals surface area contributed by atoms with E-state index in [9.17, 15) is 8.42 Å². The molecule has 0 saturated heterocycles. The van der Waals surface area contributed by atoms with Crippen LogP contribution < -0.4 is 4.72 Å². The number of sulfonamides is 1. The lowest BCUT2D eigenvalue weighted by Gasteiger charge is -2.10. The van der Waals surface area contributed by atoms with Gasteiger partial charge in [0.1, 0.15) is 0 Å². The quantitative estimate of drug-likeness (QED) is 0.790. The zero-order valence-electron chi connectivity index (χ0n) is 11.5. The molecule has 3 aromatic rings. The lowest BCUT2D eigenvalue weighted by Crippen LogP contribution is -2.15. The molecule has 0 atom stereocenters. The molecule has 0 spiro atoms. The molecule has 22 heavy (non-hydrogen) atoms. The average molecular weight is 333 g/mol. The first-order valence-corrected chi connectivity index (χ1v) is 8.66. The van der Waals surface area contributed by atoms with Crippen molar-refractivity contribution in [2.45, 2.75) is 5.75 Å². The summed E-state index contributed by atoms with van der Waals surface area (Å²) in [4.78, 5) is 4.24. The van der Waals surface area contributed by atoms with Crippen LogP contribution in [0.3, 0.4) is 0 Å². The van der Waals surface area contributed by atoms with Crippen molar-refractivity contribution in [1.29, 1.82) is 0 Å². The van der Waals surface area contributed by atoms with E-state index in [0.717, 1.165) is 5.39 Å². The third-order valence-electron chi connectivity index (χ3n) is 3.20. The highest BCUT2D eigenvalue weighted by Crippen LogP contribution is 2.24. The Kier molecular flexibility index (Phi) is 4.00. The fourth-order valence-corrected chi connectivity index (χ4v) is 3.73. The standard InChI is InChI=1S/C16H13ClN2O2S/c17-14-8-2-1-5-13(14)11-22(20,21)19-15-9-3-6-12-7-4-10-18-16(12)15/h1-10,19H,11H2. The number of hydrogen-bond acceptors (Lipinski definition) is 3. The summed E-state index contributed by atoms with van der Waals surface area (Å²) in [5.41, 5.74) is 1.64. The third-order valence-corrected chi connectivity index (χ3v) is 4.79. The Labute approximate surface area is 133 Å². The van der Waals surface area contributed by atoms with Crippen molar-refractivity contribution < 1.29 is 8.42 Å². The molecule has 3 rings (SSSR count). The lowest BCUT2D eigenvalue weighted by atomic mass is 10.2. The molecule has 0 unspecified atom stereocenters. The molecule has 6 heteroatoms. The van der Waals surface area contributed by atoms with Gasteiger partial charge in [-0.1, -0.05) is 48.0 Å². The molecule has 0 fully saturated rings. The minimum absolute atomic E-state index is 0.185. The van der Waals surface area contributed by atoms with E-state index in [-0.39, 0.29) is 5.75 Å². The predicted octanol–water partition coefficient (Wildman–Crippen LogP) is 3.83. The molecule has 0 aliphatic heterocycles. The molecule has 0 saturated carbocycles. The van der Waals surface area contributed by atoms with E-state index in [0.29, 0.717) is 21.8 Å². The van der Waals surface area contributed by atoms with E-state index in [4.69, 9.17) is 11.6 Å². The molecule has 2 aromatic carbocycles. The number of benzene rings is 2. The Morgan fingerprint density at radius 3 is 2.59 bits per heavy atom. The van der Waals surface area contributed by atoms with Crippen LogP contribution >= 0.6 is 11.6 Å². The van der Waals surface area contributed by atoms with Gasteiger partial charge in [-0.25, -0.2) is 8.42 Å². The minimum Gasteiger partial charge on any atom is -0.281 e. The van der Waals surface area contributed by atoms with Gasteiger partial charge in [0.2, 0.25) is 10.0 Å². The summed E-state index contributed by atoms with van der Waals surface area (Å²) in [6, 6.07) is 16.0. The smallest absolute Gasteiger partial charge is 0.237 e. The molecule has 0 amide bonds. The Morgan fingerprint density at radius 2 is 1.77 bits per heavy atom. The number of hydrogen-bond donors (Lipinski definition) is 1. The lowest BCUT2D eigenvalue weighted by molar-refractivity contribution is 0.600. The number of pyridine rings is 1. The summed E-state index contributed by atoms with van der Waals surface area (Å²) < 4.78 is 27.3. The second-order valence-corrected chi connectivity index (χ2v) is 6.96.